The summed E-state index contributed by atoms with van der Waals surface area (Å²) in [7, 11) is -3.54. The number of nitro benzene ring substituents is 1. The highest BCUT2D eigenvalue weighted by atomic mass is 35.5. The van der Waals surface area contributed by atoms with Crippen LogP contribution in [0.2, 0.25) is 5.02 Å². The summed E-state index contributed by atoms with van der Waals surface area (Å²) in [6, 6.07) is 11.0. The molecule has 0 unspecified atom stereocenters. The fourth-order valence-corrected chi connectivity index (χ4v) is 4.00. The number of carbonyl (C=O) groups is 1. The van der Waals surface area contributed by atoms with E-state index in [2.05, 4.69) is 0 Å². The van der Waals surface area contributed by atoms with E-state index in [0.29, 0.717) is 36.9 Å². The van der Waals surface area contributed by atoms with Crippen molar-refractivity contribution in [2.75, 3.05) is 37.3 Å². The van der Waals surface area contributed by atoms with E-state index in [0.717, 1.165) is 17.9 Å². The lowest BCUT2D eigenvalue weighted by atomic mass is 10.1. The molecule has 1 aliphatic rings. The van der Waals surface area contributed by atoms with E-state index in [1.165, 1.54) is 12.1 Å². The van der Waals surface area contributed by atoms with Crippen LogP contribution in [0.25, 0.3) is 0 Å². The molecule has 154 valence electrons. The molecule has 0 bridgehead atoms. The Morgan fingerprint density at radius 1 is 1.10 bits per heavy atom. The molecule has 1 fully saturated rings. The first-order valence-electron chi connectivity index (χ1n) is 8.91. The Balaban J connectivity index is 1.69. The maximum atomic E-state index is 12.5. The van der Waals surface area contributed by atoms with E-state index in [1.54, 1.807) is 21.9 Å². The average molecular weight is 438 g/mol. The van der Waals surface area contributed by atoms with Crippen LogP contribution in [0, 0.1) is 10.1 Å². The first-order chi connectivity index (χ1) is 13.6. The van der Waals surface area contributed by atoms with Crippen LogP contribution < -0.4 is 4.90 Å². The number of nitrogens with zero attached hydrogens (tertiary/aromatic N) is 3. The number of nitro groups is 1. The Bertz CT molecular complexity index is 1030. The third kappa shape index (κ3) is 5.04. The summed E-state index contributed by atoms with van der Waals surface area (Å²) in [6.45, 7) is 1.70. The molecule has 2 aromatic rings. The van der Waals surface area contributed by atoms with Crippen molar-refractivity contribution >= 4 is 38.7 Å². The van der Waals surface area contributed by atoms with Crippen LogP contribution in [-0.4, -0.2) is 56.6 Å². The topological polar surface area (TPSA) is 101 Å². The van der Waals surface area contributed by atoms with Crippen LogP contribution in [0.4, 0.5) is 11.4 Å². The quantitative estimate of drug-likeness (QED) is 0.526. The van der Waals surface area contributed by atoms with Gasteiger partial charge in [0.05, 0.1) is 16.2 Å². The number of hydrogen-bond donors (Lipinski definition) is 0. The van der Waals surface area contributed by atoms with E-state index in [4.69, 9.17) is 11.6 Å². The van der Waals surface area contributed by atoms with Crippen molar-refractivity contribution in [2.24, 2.45) is 0 Å². The van der Waals surface area contributed by atoms with Gasteiger partial charge in [0.2, 0.25) is 5.91 Å². The number of rotatable bonds is 5. The standard InChI is InChI=1S/C19H20ClN3O5S/c1-29(27,28)16-6-7-17(18(13-16)23(25)26)21-8-10-22(11-9-21)19(24)12-14-2-4-15(20)5-3-14/h2-7,13H,8-12H2,1H3. The molecule has 8 nitrogen and oxygen atoms in total. The van der Waals surface area contributed by atoms with Gasteiger partial charge in [0.15, 0.2) is 9.84 Å². The second-order valence-electron chi connectivity index (χ2n) is 6.85. The molecular weight excluding hydrogens is 418 g/mol. The van der Waals surface area contributed by atoms with Gasteiger partial charge < -0.3 is 9.80 Å². The van der Waals surface area contributed by atoms with Crippen LogP contribution in [0.5, 0.6) is 0 Å². The Labute approximate surface area is 173 Å². The molecule has 0 atom stereocenters. The van der Waals surface area contributed by atoms with E-state index in [9.17, 15) is 23.3 Å². The Morgan fingerprint density at radius 3 is 2.28 bits per heavy atom. The van der Waals surface area contributed by atoms with Gasteiger partial charge in [0.25, 0.3) is 5.69 Å². The van der Waals surface area contributed by atoms with E-state index < -0.39 is 14.8 Å². The van der Waals surface area contributed by atoms with Gasteiger partial charge in [-0.2, -0.15) is 0 Å². The largest absolute Gasteiger partial charge is 0.362 e. The third-order valence-corrected chi connectivity index (χ3v) is 6.18. The van der Waals surface area contributed by atoms with Gasteiger partial charge in [-0.05, 0) is 29.8 Å². The summed E-state index contributed by atoms with van der Waals surface area (Å²) in [5.41, 5.74) is 0.967. The summed E-state index contributed by atoms with van der Waals surface area (Å²) >= 11 is 5.86. The first kappa shape index (κ1) is 21.1. The SMILES string of the molecule is CS(=O)(=O)c1ccc(N2CCN(C(=O)Cc3ccc(Cl)cc3)CC2)c([N+](=O)[O-])c1. The second kappa shape index (κ2) is 8.38. The minimum absolute atomic E-state index is 0.0195. The lowest BCUT2D eigenvalue weighted by Gasteiger charge is -2.36. The van der Waals surface area contributed by atoms with Crippen LogP contribution in [0.3, 0.4) is 0 Å². The number of piperazine rings is 1. The monoisotopic (exact) mass is 437 g/mol. The van der Waals surface area contributed by atoms with E-state index in [1.807, 2.05) is 12.1 Å². The van der Waals surface area contributed by atoms with Crippen molar-refractivity contribution in [3.8, 4) is 0 Å². The van der Waals surface area contributed by atoms with Crippen molar-refractivity contribution in [3.05, 3.63) is 63.2 Å². The van der Waals surface area contributed by atoms with E-state index >= 15 is 0 Å². The maximum absolute atomic E-state index is 12.5. The average Bonchev–Trinajstić information content (AvgIpc) is 2.68. The van der Waals surface area contributed by atoms with Crippen molar-refractivity contribution in [1.29, 1.82) is 0 Å². The number of amides is 1. The summed E-state index contributed by atoms with van der Waals surface area (Å²) in [5.74, 6) is -0.0195. The summed E-state index contributed by atoms with van der Waals surface area (Å²) in [6.07, 6.45) is 1.27. The van der Waals surface area contributed by atoms with Crippen LogP contribution >= 0.6 is 11.6 Å². The summed E-state index contributed by atoms with van der Waals surface area (Å²) < 4.78 is 23.4. The fraction of sp³-hybridized carbons (Fsp3) is 0.316. The Kier molecular flexibility index (Phi) is 6.09. The number of anilines is 1. The minimum Gasteiger partial charge on any atom is -0.362 e. The molecule has 3 rings (SSSR count). The van der Waals surface area contributed by atoms with Crippen molar-refractivity contribution in [3.63, 3.8) is 0 Å². The smallest absolute Gasteiger partial charge is 0.293 e. The highest BCUT2D eigenvalue weighted by Crippen LogP contribution is 2.31. The maximum Gasteiger partial charge on any atom is 0.293 e. The molecule has 10 heteroatoms. The van der Waals surface area contributed by atoms with Crippen molar-refractivity contribution in [2.45, 2.75) is 11.3 Å². The van der Waals surface area contributed by atoms with Gasteiger partial charge in [0.1, 0.15) is 5.69 Å². The lowest BCUT2D eigenvalue weighted by molar-refractivity contribution is -0.384. The zero-order valence-corrected chi connectivity index (χ0v) is 17.3. The normalized spacial score (nSPS) is 14.7. The van der Waals surface area contributed by atoms with Crippen molar-refractivity contribution in [1.82, 2.24) is 4.90 Å². The van der Waals surface area contributed by atoms with Crippen LogP contribution in [0.15, 0.2) is 47.4 Å². The molecule has 0 aromatic heterocycles. The Hall–Kier alpha value is -2.65. The molecule has 0 aliphatic carbocycles. The van der Waals surface area contributed by atoms with Gasteiger partial charge >= 0.3 is 0 Å². The number of hydrogen-bond acceptors (Lipinski definition) is 6. The minimum atomic E-state index is -3.54. The van der Waals surface area contributed by atoms with Gasteiger partial charge in [0, 0.05) is 43.5 Å². The Morgan fingerprint density at radius 2 is 1.72 bits per heavy atom. The van der Waals surface area contributed by atoms with Gasteiger partial charge in [-0.1, -0.05) is 23.7 Å². The predicted molar refractivity (Wildman–Crippen MR) is 110 cm³/mol. The molecule has 1 heterocycles. The number of benzene rings is 2. The molecular formula is C19H20ClN3O5S. The molecule has 29 heavy (non-hydrogen) atoms. The molecule has 0 radical (unpaired) electrons. The highest BCUT2D eigenvalue weighted by Gasteiger charge is 2.27. The molecule has 1 saturated heterocycles. The number of sulfone groups is 1. The summed E-state index contributed by atoms with van der Waals surface area (Å²) in [5, 5.41) is 12.1. The zero-order valence-electron chi connectivity index (χ0n) is 15.7. The van der Waals surface area contributed by atoms with E-state index in [-0.39, 0.29) is 22.9 Å². The number of carbonyl (C=O) groups excluding carboxylic acids is 1. The van der Waals surface area contributed by atoms with Gasteiger partial charge in [-0.3, -0.25) is 14.9 Å². The number of halogens is 1. The summed E-state index contributed by atoms with van der Waals surface area (Å²) in [4.78, 5) is 26.8. The highest BCUT2D eigenvalue weighted by molar-refractivity contribution is 7.90. The third-order valence-electron chi connectivity index (χ3n) is 4.81. The van der Waals surface area contributed by atoms with Crippen molar-refractivity contribution < 1.29 is 18.1 Å². The first-order valence-corrected chi connectivity index (χ1v) is 11.2. The fourth-order valence-electron chi connectivity index (χ4n) is 3.23. The van der Waals surface area contributed by atoms with Gasteiger partial charge in [-0.15, -0.1) is 0 Å². The molecule has 0 spiro atoms. The van der Waals surface area contributed by atoms with Crippen LogP contribution in [0.1, 0.15) is 5.56 Å². The van der Waals surface area contributed by atoms with Crippen LogP contribution in [-0.2, 0) is 21.1 Å². The van der Waals surface area contributed by atoms with Gasteiger partial charge in [-0.25, -0.2) is 8.42 Å². The second-order valence-corrected chi connectivity index (χ2v) is 9.30. The lowest BCUT2D eigenvalue weighted by Crippen LogP contribution is -2.49. The zero-order chi connectivity index (χ0) is 21.2. The molecule has 1 aliphatic heterocycles. The molecule has 1 amide bonds. The molecule has 2 aromatic carbocycles. The molecule has 0 N–H and O–H groups in total. The molecule has 0 saturated carbocycles. The predicted octanol–water partition coefficient (Wildman–Crippen LogP) is 2.54.